The number of pyridine rings is 1. The average Bonchev–Trinajstić information content (AvgIpc) is 2.31. The summed E-state index contributed by atoms with van der Waals surface area (Å²) in [6.07, 6.45) is 1.09. The number of hydrogen-bond donors (Lipinski definition) is 0. The molecule has 2 aromatic rings. The second kappa shape index (κ2) is 5.34. The standard InChI is InChI=1S/C13H7Cl2FN2/c14-10-3-9(4-11(15)6-10)13-5-8(1-2-17)12(16)7-18-13/h3-7H,1H2. The molecule has 1 aromatic heterocycles. The third-order valence-electron chi connectivity index (χ3n) is 2.36. The Balaban J connectivity index is 2.51. The van der Waals surface area contributed by atoms with Crippen molar-refractivity contribution in [2.24, 2.45) is 0 Å². The fourth-order valence-electron chi connectivity index (χ4n) is 1.56. The summed E-state index contributed by atoms with van der Waals surface area (Å²) in [6, 6.07) is 8.41. The molecule has 5 heteroatoms. The molecule has 0 aliphatic heterocycles. The van der Waals surface area contributed by atoms with E-state index in [4.69, 9.17) is 28.5 Å². The van der Waals surface area contributed by atoms with Gasteiger partial charge in [-0.05, 0) is 24.3 Å². The number of hydrogen-bond acceptors (Lipinski definition) is 2. The van der Waals surface area contributed by atoms with Crippen LogP contribution in [0.25, 0.3) is 11.3 Å². The first-order chi connectivity index (χ1) is 8.60. The molecule has 0 unspecified atom stereocenters. The van der Waals surface area contributed by atoms with E-state index in [1.165, 1.54) is 6.07 Å². The normalized spacial score (nSPS) is 10.1. The zero-order chi connectivity index (χ0) is 13.1. The number of halogens is 3. The molecule has 0 radical (unpaired) electrons. The summed E-state index contributed by atoms with van der Waals surface area (Å²) >= 11 is 11.8. The molecule has 0 aliphatic carbocycles. The zero-order valence-electron chi connectivity index (χ0n) is 9.12. The van der Waals surface area contributed by atoms with Gasteiger partial charge in [-0.15, -0.1) is 0 Å². The van der Waals surface area contributed by atoms with Crippen LogP contribution in [0.15, 0.2) is 30.5 Å². The fourth-order valence-corrected chi connectivity index (χ4v) is 2.09. The molecule has 0 saturated heterocycles. The van der Waals surface area contributed by atoms with Gasteiger partial charge in [0, 0.05) is 21.2 Å². The molecule has 18 heavy (non-hydrogen) atoms. The summed E-state index contributed by atoms with van der Waals surface area (Å²) in [5.74, 6) is -0.492. The maximum Gasteiger partial charge on any atom is 0.145 e. The molecule has 0 spiro atoms. The van der Waals surface area contributed by atoms with E-state index in [-0.39, 0.29) is 6.42 Å². The summed E-state index contributed by atoms with van der Waals surface area (Å²) in [7, 11) is 0. The molecule has 0 N–H and O–H groups in total. The number of nitriles is 1. The van der Waals surface area contributed by atoms with E-state index in [0.29, 0.717) is 26.9 Å². The highest BCUT2D eigenvalue weighted by Crippen LogP contribution is 2.27. The summed E-state index contributed by atoms with van der Waals surface area (Å²) < 4.78 is 13.4. The third kappa shape index (κ3) is 2.79. The highest BCUT2D eigenvalue weighted by Gasteiger charge is 2.08. The number of rotatable bonds is 2. The molecule has 0 atom stereocenters. The monoisotopic (exact) mass is 280 g/mol. The molecule has 2 rings (SSSR count). The van der Waals surface area contributed by atoms with Crippen LogP contribution in [-0.4, -0.2) is 4.98 Å². The summed E-state index contributed by atoms with van der Waals surface area (Å²) in [4.78, 5) is 3.97. The van der Waals surface area contributed by atoms with Gasteiger partial charge in [0.05, 0.1) is 24.4 Å². The Hall–Kier alpha value is -1.63. The summed E-state index contributed by atoms with van der Waals surface area (Å²) in [6.45, 7) is 0. The number of benzene rings is 1. The lowest BCUT2D eigenvalue weighted by atomic mass is 10.1. The van der Waals surface area contributed by atoms with E-state index in [2.05, 4.69) is 4.98 Å². The van der Waals surface area contributed by atoms with Gasteiger partial charge in [0.25, 0.3) is 0 Å². The van der Waals surface area contributed by atoms with Crippen LogP contribution in [0.4, 0.5) is 4.39 Å². The molecule has 0 saturated carbocycles. The van der Waals surface area contributed by atoms with Gasteiger partial charge in [-0.25, -0.2) is 4.39 Å². The van der Waals surface area contributed by atoms with E-state index in [9.17, 15) is 4.39 Å². The Morgan fingerprint density at radius 1 is 1.17 bits per heavy atom. The second-order valence-corrected chi connectivity index (χ2v) is 4.53. The first-order valence-electron chi connectivity index (χ1n) is 5.08. The lowest BCUT2D eigenvalue weighted by Gasteiger charge is -2.05. The van der Waals surface area contributed by atoms with Gasteiger partial charge >= 0.3 is 0 Å². The Bertz CT molecular complexity index is 615. The first-order valence-corrected chi connectivity index (χ1v) is 5.83. The Kier molecular flexibility index (Phi) is 3.81. The second-order valence-electron chi connectivity index (χ2n) is 3.65. The molecule has 2 nitrogen and oxygen atoms in total. The SMILES string of the molecule is N#CCc1cc(-c2cc(Cl)cc(Cl)c2)ncc1F. The molecule has 0 bridgehead atoms. The summed E-state index contributed by atoms with van der Waals surface area (Å²) in [5, 5.41) is 9.57. The molecule has 0 aliphatic rings. The van der Waals surface area contributed by atoms with Crippen LogP contribution in [0.2, 0.25) is 10.0 Å². The minimum absolute atomic E-state index is 0.00431. The lowest BCUT2D eigenvalue weighted by molar-refractivity contribution is 0.609. The minimum Gasteiger partial charge on any atom is -0.253 e. The van der Waals surface area contributed by atoms with Crippen molar-refractivity contribution in [1.29, 1.82) is 5.26 Å². The average molecular weight is 281 g/mol. The fraction of sp³-hybridized carbons (Fsp3) is 0.0769. The van der Waals surface area contributed by atoms with Gasteiger partial charge in [-0.1, -0.05) is 23.2 Å². The van der Waals surface area contributed by atoms with Crippen LogP contribution in [0, 0.1) is 17.1 Å². The Labute approximate surface area is 114 Å². The maximum atomic E-state index is 13.4. The van der Waals surface area contributed by atoms with Crippen molar-refractivity contribution in [3.63, 3.8) is 0 Å². The van der Waals surface area contributed by atoms with Crippen molar-refractivity contribution < 1.29 is 4.39 Å². The molecule has 90 valence electrons. The van der Waals surface area contributed by atoms with Crippen LogP contribution in [0.5, 0.6) is 0 Å². The summed E-state index contributed by atoms with van der Waals surface area (Å²) in [5.41, 5.74) is 1.52. The Morgan fingerprint density at radius 3 is 2.44 bits per heavy atom. The highest BCUT2D eigenvalue weighted by atomic mass is 35.5. The Morgan fingerprint density at radius 2 is 1.83 bits per heavy atom. The van der Waals surface area contributed by atoms with E-state index in [1.54, 1.807) is 18.2 Å². The van der Waals surface area contributed by atoms with Crippen LogP contribution >= 0.6 is 23.2 Å². The van der Waals surface area contributed by atoms with Crippen molar-refractivity contribution in [3.8, 4) is 17.3 Å². The minimum atomic E-state index is -0.492. The predicted molar refractivity (Wildman–Crippen MR) is 69.0 cm³/mol. The van der Waals surface area contributed by atoms with Crippen molar-refractivity contribution in [1.82, 2.24) is 4.98 Å². The van der Waals surface area contributed by atoms with Gasteiger partial charge in [0.2, 0.25) is 0 Å². The zero-order valence-corrected chi connectivity index (χ0v) is 10.6. The van der Waals surface area contributed by atoms with E-state index >= 15 is 0 Å². The van der Waals surface area contributed by atoms with E-state index in [0.717, 1.165) is 6.20 Å². The molecule has 0 amide bonds. The largest absolute Gasteiger partial charge is 0.253 e. The van der Waals surface area contributed by atoms with Crippen LogP contribution in [-0.2, 0) is 6.42 Å². The molecular weight excluding hydrogens is 274 g/mol. The van der Waals surface area contributed by atoms with Crippen LogP contribution < -0.4 is 0 Å². The van der Waals surface area contributed by atoms with Crippen molar-refractivity contribution in [2.45, 2.75) is 6.42 Å². The van der Waals surface area contributed by atoms with E-state index < -0.39 is 5.82 Å². The third-order valence-corrected chi connectivity index (χ3v) is 2.80. The van der Waals surface area contributed by atoms with Crippen LogP contribution in [0.3, 0.4) is 0 Å². The smallest absolute Gasteiger partial charge is 0.145 e. The lowest BCUT2D eigenvalue weighted by Crippen LogP contribution is -1.93. The highest BCUT2D eigenvalue weighted by molar-refractivity contribution is 6.35. The van der Waals surface area contributed by atoms with Crippen molar-refractivity contribution in [3.05, 3.63) is 51.9 Å². The van der Waals surface area contributed by atoms with Gasteiger partial charge in [0.1, 0.15) is 5.82 Å². The number of aromatic nitrogens is 1. The molecular formula is C13H7Cl2FN2. The number of nitrogens with zero attached hydrogens (tertiary/aromatic N) is 2. The quantitative estimate of drug-likeness (QED) is 0.824. The van der Waals surface area contributed by atoms with E-state index in [1.807, 2.05) is 6.07 Å². The molecule has 0 fully saturated rings. The van der Waals surface area contributed by atoms with Gasteiger partial charge in [0.15, 0.2) is 0 Å². The first kappa shape index (κ1) is 12.8. The molecule has 1 heterocycles. The molecule has 1 aromatic carbocycles. The maximum absolute atomic E-state index is 13.4. The van der Waals surface area contributed by atoms with Gasteiger partial charge in [-0.3, -0.25) is 4.98 Å². The predicted octanol–water partition coefficient (Wildman–Crippen LogP) is 4.26. The van der Waals surface area contributed by atoms with Gasteiger partial charge in [-0.2, -0.15) is 5.26 Å². The van der Waals surface area contributed by atoms with Crippen molar-refractivity contribution in [2.75, 3.05) is 0 Å². The van der Waals surface area contributed by atoms with Gasteiger partial charge < -0.3 is 0 Å². The van der Waals surface area contributed by atoms with Crippen molar-refractivity contribution >= 4 is 23.2 Å². The van der Waals surface area contributed by atoms with Crippen LogP contribution in [0.1, 0.15) is 5.56 Å². The topological polar surface area (TPSA) is 36.7 Å².